The van der Waals surface area contributed by atoms with Crippen molar-refractivity contribution >= 4 is 10.1 Å². The number of hydrogen-bond acceptors (Lipinski definition) is 5. The van der Waals surface area contributed by atoms with Crippen molar-refractivity contribution in [3.8, 4) is 0 Å². The molecule has 1 atom stereocenters. The highest BCUT2D eigenvalue weighted by Gasteiger charge is 2.06. The Kier molecular flexibility index (Phi) is 7.02. The molecule has 6 nitrogen and oxygen atoms in total. The lowest BCUT2D eigenvalue weighted by Gasteiger charge is -2.17. The van der Waals surface area contributed by atoms with Gasteiger partial charge in [-0.2, -0.15) is 8.42 Å². The molecule has 0 spiro atoms. The maximum absolute atomic E-state index is 9.79. The average Bonchev–Trinajstić information content (AvgIpc) is 2.04. The third-order valence-corrected chi connectivity index (χ3v) is 2.29. The SMILES string of the molecule is CCCS(=O)(=O)O.OC1CNCCO1. The number of ether oxygens (including phenoxy) is 1. The molecule has 14 heavy (non-hydrogen) atoms. The monoisotopic (exact) mass is 227 g/mol. The van der Waals surface area contributed by atoms with E-state index in [0.717, 1.165) is 6.54 Å². The van der Waals surface area contributed by atoms with Crippen molar-refractivity contribution in [2.24, 2.45) is 0 Å². The summed E-state index contributed by atoms with van der Waals surface area (Å²) in [6.07, 6.45) is -0.104. The van der Waals surface area contributed by atoms with Crippen LogP contribution in [0.5, 0.6) is 0 Å². The summed E-state index contributed by atoms with van der Waals surface area (Å²) >= 11 is 0. The van der Waals surface area contributed by atoms with Crippen molar-refractivity contribution in [3.63, 3.8) is 0 Å². The highest BCUT2D eigenvalue weighted by molar-refractivity contribution is 7.85. The molecule has 7 heteroatoms. The van der Waals surface area contributed by atoms with Crippen LogP contribution in [0.4, 0.5) is 0 Å². The summed E-state index contributed by atoms with van der Waals surface area (Å²) in [5.74, 6) is -0.132. The summed E-state index contributed by atoms with van der Waals surface area (Å²) in [6.45, 7) is 3.74. The number of hydrogen-bond donors (Lipinski definition) is 3. The minimum atomic E-state index is -3.67. The van der Waals surface area contributed by atoms with E-state index >= 15 is 0 Å². The van der Waals surface area contributed by atoms with Crippen LogP contribution in [-0.4, -0.2) is 49.8 Å². The second-order valence-electron chi connectivity index (χ2n) is 2.82. The fourth-order valence-electron chi connectivity index (χ4n) is 0.810. The van der Waals surface area contributed by atoms with E-state index in [1.54, 1.807) is 6.92 Å². The third-order valence-electron chi connectivity index (χ3n) is 1.37. The van der Waals surface area contributed by atoms with E-state index in [2.05, 4.69) is 5.32 Å². The van der Waals surface area contributed by atoms with Crippen LogP contribution in [0.15, 0.2) is 0 Å². The summed E-state index contributed by atoms with van der Waals surface area (Å²) in [6, 6.07) is 0. The van der Waals surface area contributed by atoms with Crippen molar-refractivity contribution in [2.45, 2.75) is 19.6 Å². The Morgan fingerprint density at radius 3 is 2.36 bits per heavy atom. The molecule has 3 N–H and O–H groups in total. The first kappa shape index (κ1) is 13.8. The summed E-state index contributed by atoms with van der Waals surface area (Å²) in [5, 5.41) is 11.6. The largest absolute Gasteiger partial charge is 0.367 e. The molecule has 0 radical (unpaired) electrons. The lowest BCUT2D eigenvalue weighted by atomic mass is 10.5. The van der Waals surface area contributed by atoms with Gasteiger partial charge in [0.1, 0.15) is 0 Å². The molecule has 86 valence electrons. The molecule has 0 aromatic carbocycles. The zero-order valence-corrected chi connectivity index (χ0v) is 8.96. The van der Waals surface area contributed by atoms with Gasteiger partial charge in [-0.05, 0) is 6.42 Å². The van der Waals surface area contributed by atoms with E-state index in [1.165, 1.54) is 0 Å². The van der Waals surface area contributed by atoms with Gasteiger partial charge >= 0.3 is 0 Å². The zero-order valence-electron chi connectivity index (χ0n) is 8.14. The number of morpholine rings is 1. The van der Waals surface area contributed by atoms with Crippen LogP contribution < -0.4 is 5.32 Å². The Labute approximate surface area is 84.0 Å². The van der Waals surface area contributed by atoms with E-state index in [1.807, 2.05) is 0 Å². The maximum atomic E-state index is 9.79. The van der Waals surface area contributed by atoms with Crippen molar-refractivity contribution in [1.82, 2.24) is 5.32 Å². The lowest BCUT2D eigenvalue weighted by Crippen LogP contribution is -2.38. The molecule has 0 aromatic rings. The molecule has 1 saturated heterocycles. The molecular formula is C7H17NO5S. The van der Waals surface area contributed by atoms with Gasteiger partial charge in [-0.15, -0.1) is 0 Å². The van der Waals surface area contributed by atoms with E-state index in [-0.39, 0.29) is 5.75 Å². The Balaban J connectivity index is 0.000000241. The van der Waals surface area contributed by atoms with E-state index < -0.39 is 16.4 Å². The number of aliphatic hydroxyl groups is 1. The summed E-state index contributed by atoms with van der Waals surface area (Å²) in [5.41, 5.74) is 0. The number of β-amino-alcohol motifs (C(OH)–C–C–N with tert-alkyl or cyclic N) is 1. The van der Waals surface area contributed by atoms with Gasteiger partial charge in [0.25, 0.3) is 10.1 Å². The lowest BCUT2D eigenvalue weighted by molar-refractivity contribution is -0.112. The van der Waals surface area contributed by atoms with E-state index in [9.17, 15) is 8.42 Å². The van der Waals surface area contributed by atoms with Crippen LogP contribution >= 0.6 is 0 Å². The van der Waals surface area contributed by atoms with Crippen molar-refractivity contribution in [2.75, 3.05) is 25.4 Å². The van der Waals surface area contributed by atoms with Gasteiger partial charge in [0.05, 0.1) is 12.4 Å². The first-order valence-corrected chi connectivity index (χ1v) is 6.02. The maximum Gasteiger partial charge on any atom is 0.264 e. The van der Waals surface area contributed by atoms with Gasteiger partial charge in [0, 0.05) is 13.1 Å². The van der Waals surface area contributed by atoms with Gasteiger partial charge in [-0.25, -0.2) is 0 Å². The van der Waals surface area contributed by atoms with Gasteiger partial charge in [0.15, 0.2) is 6.29 Å². The van der Waals surface area contributed by atoms with Crippen LogP contribution in [0.2, 0.25) is 0 Å². The smallest absolute Gasteiger partial charge is 0.264 e. The number of rotatable bonds is 2. The number of nitrogens with one attached hydrogen (secondary N) is 1. The average molecular weight is 227 g/mol. The molecule has 1 fully saturated rings. The third kappa shape index (κ3) is 9.87. The molecule has 0 aliphatic carbocycles. The van der Waals surface area contributed by atoms with Crippen molar-refractivity contribution in [3.05, 3.63) is 0 Å². The fourth-order valence-corrected chi connectivity index (χ4v) is 1.33. The Hall–Kier alpha value is -0.210. The van der Waals surface area contributed by atoms with Gasteiger partial charge in [0.2, 0.25) is 0 Å². The highest BCUT2D eigenvalue weighted by atomic mass is 32.2. The van der Waals surface area contributed by atoms with E-state index in [4.69, 9.17) is 14.4 Å². The van der Waals surface area contributed by atoms with Crippen LogP contribution in [0.3, 0.4) is 0 Å². The summed E-state index contributed by atoms with van der Waals surface area (Å²) in [7, 11) is -3.67. The minimum absolute atomic E-state index is 0.132. The molecule has 0 aromatic heterocycles. The summed E-state index contributed by atoms with van der Waals surface area (Å²) < 4.78 is 32.3. The van der Waals surface area contributed by atoms with Crippen LogP contribution in [0.1, 0.15) is 13.3 Å². The molecule has 1 heterocycles. The molecular weight excluding hydrogens is 210 g/mol. The zero-order chi connectivity index (χ0) is 11.0. The van der Waals surface area contributed by atoms with Gasteiger partial charge < -0.3 is 15.2 Å². The number of aliphatic hydroxyl groups excluding tert-OH is 1. The van der Waals surface area contributed by atoms with Crippen LogP contribution in [0, 0.1) is 0 Å². The van der Waals surface area contributed by atoms with Crippen molar-refractivity contribution in [1.29, 1.82) is 0 Å². The normalized spacial score (nSPS) is 22.4. The second-order valence-corrected chi connectivity index (χ2v) is 4.39. The molecule has 1 aliphatic rings. The molecule has 1 rings (SSSR count). The van der Waals surface area contributed by atoms with E-state index in [0.29, 0.717) is 19.6 Å². The molecule has 0 amide bonds. The first-order chi connectivity index (χ1) is 6.45. The van der Waals surface area contributed by atoms with Gasteiger partial charge in [-0.3, -0.25) is 4.55 Å². The Morgan fingerprint density at radius 2 is 2.21 bits per heavy atom. The van der Waals surface area contributed by atoms with Crippen LogP contribution in [-0.2, 0) is 14.9 Å². The molecule has 0 saturated carbocycles. The molecule has 1 aliphatic heterocycles. The van der Waals surface area contributed by atoms with Crippen LogP contribution in [0.25, 0.3) is 0 Å². The predicted molar refractivity (Wildman–Crippen MR) is 51.5 cm³/mol. The summed E-state index contributed by atoms with van der Waals surface area (Å²) in [4.78, 5) is 0. The van der Waals surface area contributed by atoms with Crippen molar-refractivity contribution < 1.29 is 22.8 Å². The second kappa shape index (κ2) is 7.13. The highest BCUT2D eigenvalue weighted by Crippen LogP contribution is 1.87. The molecule has 1 unspecified atom stereocenters. The Bertz CT molecular complexity index is 222. The first-order valence-electron chi connectivity index (χ1n) is 4.41. The minimum Gasteiger partial charge on any atom is -0.367 e. The fraction of sp³-hybridized carbons (Fsp3) is 1.00. The standard InChI is InChI=1S/C4H9NO2.C3H8O3S/c6-4-3-5-1-2-7-4;1-2-3-7(4,5)6/h4-6H,1-3H2;2-3H2,1H3,(H,4,5,6). The predicted octanol–water partition coefficient (Wildman–Crippen LogP) is -0.791. The topological polar surface area (TPSA) is 95.9 Å². The van der Waals surface area contributed by atoms with Gasteiger partial charge in [-0.1, -0.05) is 6.92 Å². The Morgan fingerprint density at radius 1 is 1.57 bits per heavy atom. The quantitative estimate of drug-likeness (QED) is 0.535. The molecule has 0 bridgehead atoms.